The van der Waals surface area contributed by atoms with Gasteiger partial charge in [0.2, 0.25) is 0 Å². The van der Waals surface area contributed by atoms with Gasteiger partial charge in [-0.15, -0.1) is 0 Å². The zero-order chi connectivity index (χ0) is 30.9. The van der Waals surface area contributed by atoms with Crippen molar-refractivity contribution < 1.29 is 38.1 Å². The molecule has 0 N–H and O–H groups in total. The highest BCUT2D eigenvalue weighted by atomic mass is 16.6. The van der Waals surface area contributed by atoms with Gasteiger partial charge in [0.25, 0.3) is 0 Å². The van der Waals surface area contributed by atoms with Crippen LogP contribution in [-0.2, 0) is 38.1 Å². The molecule has 0 fully saturated rings. The summed E-state index contributed by atoms with van der Waals surface area (Å²) in [6.07, 6.45) is 16.5. The fourth-order valence-corrected chi connectivity index (χ4v) is 5.33. The molecule has 234 valence electrons. The van der Waals surface area contributed by atoms with Gasteiger partial charge >= 0.3 is 17.9 Å². The van der Waals surface area contributed by atoms with Gasteiger partial charge in [0, 0.05) is 26.3 Å². The van der Waals surface area contributed by atoms with E-state index in [1.807, 2.05) is 25.2 Å². The van der Waals surface area contributed by atoms with Gasteiger partial charge in [-0.2, -0.15) is 0 Å². The lowest BCUT2D eigenvalue weighted by Crippen LogP contribution is -2.34. The monoisotopic (exact) mass is 586 g/mol. The van der Waals surface area contributed by atoms with Crippen molar-refractivity contribution in [3.05, 3.63) is 60.3 Å². The number of hydrogen-bond donors (Lipinski definition) is 0. The second-order valence-electron chi connectivity index (χ2n) is 11.4. The van der Waals surface area contributed by atoms with E-state index >= 15 is 0 Å². The second-order valence-corrected chi connectivity index (χ2v) is 11.4. The highest BCUT2D eigenvalue weighted by Crippen LogP contribution is 2.26. The van der Waals surface area contributed by atoms with E-state index in [2.05, 4.69) is 19.6 Å². The molecule has 2 heterocycles. The SMILES string of the molecule is C=C(CC(C)CC1CC=CCO1)CC(CCCC(OC(=O)/C=C\C)C(/C=C/C1CC(C)=CCO1)OC(C)=O)OC(C)=O. The van der Waals surface area contributed by atoms with Crippen molar-refractivity contribution in [1.82, 2.24) is 0 Å². The first-order chi connectivity index (χ1) is 20.0. The summed E-state index contributed by atoms with van der Waals surface area (Å²) in [6.45, 7) is 14.2. The van der Waals surface area contributed by atoms with Crippen molar-refractivity contribution in [2.24, 2.45) is 5.92 Å². The van der Waals surface area contributed by atoms with Crippen molar-refractivity contribution >= 4 is 17.9 Å². The molecule has 0 saturated heterocycles. The normalized spacial score (nSPS) is 21.8. The van der Waals surface area contributed by atoms with E-state index < -0.39 is 24.1 Å². The summed E-state index contributed by atoms with van der Waals surface area (Å²) in [5, 5.41) is 0. The Kier molecular flexibility index (Phi) is 16.2. The molecule has 8 nitrogen and oxygen atoms in total. The minimum absolute atomic E-state index is 0.150. The van der Waals surface area contributed by atoms with Gasteiger partial charge in [-0.05, 0) is 70.8 Å². The molecule has 6 unspecified atom stereocenters. The maximum absolute atomic E-state index is 12.4. The first-order valence-corrected chi connectivity index (χ1v) is 15.1. The van der Waals surface area contributed by atoms with Crippen molar-refractivity contribution in [2.75, 3.05) is 13.2 Å². The zero-order valence-corrected chi connectivity index (χ0v) is 26.0. The standard InChI is InChI=1S/C34H50O8/c1-7-11-34(37)42-32(33(41-28(6)36)16-15-30-21-24(2)17-19-39-30)14-10-13-31(40-27(5)35)23-26(4)20-25(3)22-29-12-8-9-18-38-29/h7-9,11,15-17,25,29-33H,4,10,12-14,18-23H2,1-3,5-6H3/b11-7-,16-15+. The molecule has 0 radical (unpaired) electrons. The Morgan fingerprint density at radius 1 is 1.05 bits per heavy atom. The van der Waals surface area contributed by atoms with Crippen LogP contribution in [0, 0.1) is 5.92 Å². The summed E-state index contributed by atoms with van der Waals surface area (Å²) in [7, 11) is 0. The third kappa shape index (κ3) is 14.8. The average Bonchev–Trinajstić information content (AvgIpc) is 2.90. The Morgan fingerprint density at radius 3 is 2.45 bits per heavy atom. The number of carbonyl (C=O) groups excluding carboxylic acids is 3. The fourth-order valence-electron chi connectivity index (χ4n) is 5.33. The van der Waals surface area contributed by atoms with Crippen LogP contribution in [0.25, 0.3) is 0 Å². The van der Waals surface area contributed by atoms with Gasteiger partial charge in [-0.1, -0.05) is 55.0 Å². The van der Waals surface area contributed by atoms with Gasteiger partial charge in [-0.3, -0.25) is 9.59 Å². The Balaban J connectivity index is 2.03. The molecule has 6 atom stereocenters. The lowest BCUT2D eigenvalue weighted by Gasteiger charge is -2.26. The topological polar surface area (TPSA) is 97.4 Å². The Bertz CT molecular complexity index is 1010. The smallest absolute Gasteiger partial charge is 0.330 e. The third-order valence-corrected chi connectivity index (χ3v) is 7.18. The maximum Gasteiger partial charge on any atom is 0.330 e. The largest absolute Gasteiger partial charge is 0.462 e. The van der Waals surface area contributed by atoms with Gasteiger partial charge in [0.1, 0.15) is 12.2 Å². The quantitative estimate of drug-likeness (QED) is 0.0824. The summed E-state index contributed by atoms with van der Waals surface area (Å²) in [6, 6.07) is 0. The molecule has 8 heteroatoms. The lowest BCUT2D eigenvalue weighted by atomic mass is 9.91. The summed E-state index contributed by atoms with van der Waals surface area (Å²) < 4.78 is 28.5. The number of ether oxygens (including phenoxy) is 5. The average molecular weight is 587 g/mol. The first kappa shape index (κ1) is 35.2. The molecule has 42 heavy (non-hydrogen) atoms. The van der Waals surface area contributed by atoms with E-state index in [-0.39, 0.29) is 24.3 Å². The predicted octanol–water partition coefficient (Wildman–Crippen LogP) is 6.51. The molecule has 2 aliphatic heterocycles. The molecular formula is C34H50O8. The van der Waals surface area contributed by atoms with Crippen LogP contribution in [0.3, 0.4) is 0 Å². The van der Waals surface area contributed by atoms with Crippen LogP contribution >= 0.6 is 0 Å². The maximum atomic E-state index is 12.4. The van der Waals surface area contributed by atoms with Crippen LogP contribution < -0.4 is 0 Å². The molecule has 0 spiro atoms. The molecular weight excluding hydrogens is 536 g/mol. The zero-order valence-electron chi connectivity index (χ0n) is 26.0. The number of carbonyl (C=O) groups is 3. The van der Waals surface area contributed by atoms with Crippen LogP contribution in [0.2, 0.25) is 0 Å². The Labute approximate surface area is 251 Å². The lowest BCUT2D eigenvalue weighted by molar-refractivity contribution is -0.160. The van der Waals surface area contributed by atoms with E-state index in [1.165, 1.54) is 25.5 Å². The van der Waals surface area contributed by atoms with Crippen molar-refractivity contribution in [3.8, 4) is 0 Å². The molecule has 0 aromatic heterocycles. The molecule has 0 aromatic carbocycles. The Morgan fingerprint density at radius 2 is 1.81 bits per heavy atom. The van der Waals surface area contributed by atoms with Crippen LogP contribution in [0.4, 0.5) is 0 Å². The molecule has 2 rings (SSSR count). The van der Waals surface area contributed by atoms with E-state index in [4.69, 9.17) is 23.7 Å². The number of esters is 3. The molecule has 0 bridgehead atoms. The molecule has 0 saturated carbocycles. The predicted molar refractivity (Wildman–Crippen MR) is 163 cm³/mol. The number of hydrogen-bond acceptors (Lipinski definition) is 8. The molecule has 0 aromatic rings. The van der Waals surface area contributed by atoms with Crippen LogP contribution in [0.15, 0.2) is 60.3 Å². The van der Waals surface area contributed by atoms with Crippen LogP contribution in [0.1, 0.15) is 86.0 Å². The minimum atomic E-state index is -0.786. The van der Waals surface area contributed by atoms with Crippen molar-refractivity contribution in [2.45, 2.75) is 117 Å². The van der Waals surface area contributed by atoms with Crippen molar-refractivity contribution in [1.29, 1.82) is 0 Å². The van der Waals surface area contributed by atoms with E-state index in [0.717, 1.165) is 31.3 Å². The van der Waals surface area contributed by atoms with Gasteiger partial charge in [0.05, 0.1) is 25.4 Å². The van der Waals surface area contributed by atoms with Gasteiger partial charge < -0.3 is 23.7 Å². The van der Waals surface area contributed by atoms with Crippen LogP contribution in [-0.4, -0.2) is 61.6 Å². The van der Waals surface area contributed by atoms with E-state index in [1.54, 1.807) is 19.1 Å². The highest BCUT2D eigenvalue weighted by molar-refractivity contribution is 5.82. The Hall–Kier alpha value is -2.97. The summed E-state index contributed by atoms with van der Waals surface area (Å²) in [5.41, 5.74) is 2.25. The summed E-state index contributed by atoms with van der Waals surface area (Å²) in [5.74, 6) is -0.949. The first-order valence-electron chi connectivity index (χ1n) is 15.1. The molecule has 0 aliphatic carbocycles. The van der Waals surface area contributed by atoms with Crippen LogP contribution in [0.5, 0.6) is 0 Å². The van der Waals surface area contributed by atoms with Crippen molar-refractivity contribution in [3.63, 3.8) is 0 Å². The fraction of sp³-hybridized carbons (Fsp3) is 0.618. The molecule has 2 aliphatic rings. The number of allylic oxidation sites excluding steroid dienone is 1. The summed E-state index contributed by atoms with van der Waals surface area (Å²) in [4.78, 5) is 36.3. The van der Waals surface area contributed by atoms with E-state index in [9.17, 15) is 14.4 Å². The minimum Gasteiger partial charge on any atom is -0.462 e. The van der Waals surface area contributed by atoms with Gasteiger partial charge in [-0.25, -0.2) is 4.79 Å². The summed E-state index contributed by atoms with van der Waals surface area (Å²) >= 11 is 0. The van der Waals surface area contributed by atoms with E-state index in [0.29, 0.717) is 44.8 Å². The second kappa shape index (κ2) is 19.3. The van der Waals surface area contributed by atoms with Gasteiger partial charge in [0.15, 0.2) is 6.10 Å². The molecule has 0 amide bonds. The highest BCUT2D eigenvalue weighted by Gasteiger charge is 2.27. The third-order valence-electron chi connectivity index (χ3n) is 7.18. The number of rotatable bonds is 17.